The first-order valence-electron chi connectivity index (χ1n) is 5.68. The van der Waals surface area contributed by atoms with E-state index < -0.39 is 0 Å². The first-order chi connectivity index (χ1) is 8.16. The van der Waals surface area contributed by atoms with Gasteiger partial charge >= 0.3 is 0 Å². The van der Waals surface area contributed by atoms with E-state index in [-0.39, 0.29) is 5.25 Å². The normalized spacial score (nSPS) is 12.4. The molecule has 0 aliphatic rings. The van der Waals surface area contributed by atoms with Crippen molar-refractivity contribution >= 4 is 24.4 Å². The molecule has 2 heteroatoms. The van der Waals surface area contributed by atoms with E-state index in [0.717, 1.165) is 0 Å². The first kappa shape index (κ1) is 12.6. The molecule has 0 nitrogen and oxygen atoms in total. The van der Waals surface area contributed by atoms with E-state index in [1.165, 1.54) is 20.9 Å². The Balaban J connectivity index is 2.26. The summed E-state index contributed by atoms with van der Waals surface area (Å²) in [6, 6.07) is 17.1. The zero-order chi connectivity index (χ0) is 12.3. The van der Waals surface area contributed by atoms with Crippen molar-refractivity contribution < 1.29 is 0 Å². The second kappa shape index (κ2) is 5.65. The van der Waals surface area contributed by atoms with Gasteiger partial charge in [-0.2, -0.15) is 12.6 Å². The lowest BCUT2D eigenvalue weighted by Crippen LogP contribution is -1.87. The van der Waals surface area contributed by atoms with Crippen LogP contribution in [-0.4, -0.2) is 0 Å². The van der Waals surface area contributed by atoms with Crippen LogP contribution >= 0.6 is 24.4 Å². The topological polar surface area (TPSA) is 0 Å². The Hall–Kier alpha value is -0.860. The fourth-order valence-electron chi connectivity index (χ4n) is 1.65. The van der Waals surface area contributed by atoms with Crippen LogP contribution in [0.4, 0.5) is 0 Å². The van der Waals surface area contributed by atoms with Crippen molar-refractivity contribution in [3.8, 4) is 0 Å². The molecule has 0 aliphatic heterocycles. The fourth-order valence-corrected chi connectivity index (χ4v) is 3.00. The fraction of sp³-hybridized carbons (Fsp3) is 0.200. The van der Waals surface area contributed by atoms with Crippen molar-refractivity contribution in [2.24, 2.45) is 0 Å². The standard InChI is InChI=1S/C15H16S2/c1-11-7-9-13(10-8-11)17-15-6-4-3-5-14(15)12(2)16/h3-10,12,16H,1-2H3. The molecule has 0 saturated heterocycles. The molecular formula is C15H16S2. The first-order valence-corrected chi connectivity index (χ1v) is 7.01. The minimum atomic E-state index is 0.268. The van der Waals surface area contributed by atoms with Crippen molar-refractivity contribution in [3.63, 3.8) is 0 Å². The molecule has 0 aliphatic carbocycles. The summed E-state index contributed by atoms with van der Waals surface area (Å²) < 4.78 is 0. The van der Waals surface area contributed by atoms with Crippen molar-refractivity contribution in [1.29, 1.82) is 0 Å². The molecule has 0 spiro atoms. The SMILES string of the molecule is Cc1ccc(Sc2ccccc2C(C)S)cc1. The van der Waals surface area contributed by atoms with Gasteiger partial charge in [0.2, 0.25) is 0 Å². The number of benzene rings is 2. The summed E-state index contributed by atoms with van der Waals surface area (Å²) in [6.45, 7) is 4.22. The maximum atomic E-state index is 4.53. The third kappa shape index (κ3) is 3.30. The van der Waals surface area contributed by atoms with Crippen molar-refractivity contribution in [2.45, 2.75) is 28.9 Å². The van der Waals surface area contributed by atoms with Crippen LogP contribution < -0.4 is 0 Å². The molecule has 88 valence electrons. The lowest BCUT2D eigenvalue weighted by atomic mass is 10.2. The Morgan fingerprint density at radius 3 is 2.29 bits per heavy atom. The molecule has 2 aromatic rings. The molecule has 0 bridgehead atoms. The van der Waals surface area contributed by atoms with Gasteiger partial charge in [0.05, 0.1) is 0 Å². The van der Waals surface area contributed by atoms with Crippen LogP contribution in [0.3, 0.4) is 0 Å². The highest BCUT2D eigenvalue weighted by Crippen LogP contribution is 2.34. The summed E-state index contributed by atoms with van der Waals surface area (Å²) in [5.41, 5.74) is 2.59. The van der Waals surface area contributed by atoms with Crippen molar-refractivity contribution in [3.05, 3.63) is 59.7 Å². The van der Waals surface area contributed by atoms with Gasteiger partial charge in [-0.25, -0.2) is 0 Å². The van der Waals surface area contributed by atoms with Gasteiger partial charge < -0.3 is 0 Å². The van der Waals surface area contributed by atoms with E-state index in [2.05, 4.69) is 75.0 Å². The van der Waals surface area contributed by atoms with E-state index in [9.17, 15) is 0 Å². The minimum absolute atomic E-state index is 0.268. The van der Waals surface area contributed by atoms with Crippen LogP contribution in [0.15, 0.2) is 58.3 Å². The van der Waals surface area contributed by atoms with Crippen LogP contribution in [0.5, 0.6) is 0 Å². The average Bonchev–Trinajstić information content (AvgIpc) is 2.32. The highest BCUT2D eigenvalue weighted by Gasteiger charge is 2.07. The van der Waals surface area contributed by atoms with E-state index >= 15 is 0 Å². The van der Waals surface area contributed by atoms with Crippen molar-refractivity contribution in [2.75, 3.05) is 0 Å². The molecule has 0 saturated carbocycles. The number of hydrogen-bond donors (Lipinski definition) is 1. The lowest BCUT2D eigenvalue weighted by molar-refractivity contribution is 1.06. The Bertz CT molecular complexity index is 487. The van der Waals surface area contributed by atoms with Gasteiger partial charge in [0.25, 0.3) is 0 Å². The second-order valence-corrected chi connectivity index (χ2v) is 6.02. The Morgan fingerprint density at radius 1 is 1.00 bits per heavy atom. The molecule has 0 N–H and O–H groups in total. The van der Waals surface area contributed by atoms with Crippen LogP contribution in [0.2, 0.25) is 0 Å². The zero-order valence-corrected chi connectivity index (χ0v) is 11.8. The molecule has 0 fully saturated rings. The van der Waals surface area contributed by atoms with Crippen molar-refractivity contribution in [1.82, 2.24) is 0 Å². The second-order valence-electron chi connectivity index (χ2n) is 4.13. The molecule has 1 atom stereocenters. The van der Waals surface area contributed by atoms with Crippen LogP contribution in [0.1, 0.15) is 23.3 Å². The van der Waals surface area contributed by atoms with Gasteiger partial charge in [-0.15, -0.1) is 0 Å². The zero-order valence-electron chi connectivity index (χ0n) is 10.1. The Labute approximate surface area is 113 Å². The maximum absolute atomic E-state index is 4.53. The predicted molar refractivity (Wildman–Crippen MR) is 79.1 cm³/mol. The molecular weight excluding hydrogens is 244 g/mol. The number of hydrogen-bond acceptors (Lipinski definition) is 2. The molecule has 2 aromatic carbocycles. The van der Waals surface area contributed by atoms with E-state index in [0.29, 0.717) is 0 Å². The van der Waals surface area contributed by atoms with Gasteiger partial charge in [0.1, 0.15) is 0 Å². The van der Waals surface area contributed by atoms with Gasteiger partial charge in [-0.3, -0.25) is 0 Å². The minimum Gasteiger partial charge on any atom is -0.171 e. The smallest absolute Gasteiger partial charge is 0.0250 e. The quantitative estimate of drug-likeness (QED) is 0.746. The highest BCUT2D eigenvalue weighted by molar-refractivity contribution is 7.99. The number of rotatable bonds is 3. The van der Waals surface area contributed by atoms with Gasteiger partial charge in [0.15, 0.2) is 0 Å². The third-order valence-corrected chi connectivity index (χ3v) is 4.00. The molecule has 0 aromatic heterocycles. The monoisotopic (exact) mass is 260 g/mol. The summed E-state index contributed by atoms with van der Waals surface area (Å²) in [5.74, 6) is 0. The van der Waals surface area contributed by atoms with E-state index in [1.807, 2.05) is 0 Å². The third-order valence-electron chi connectivity index (χ3n) is 2.62. The summed E-state index contributed by atoms with van der Waals surface area (Å²) in [4.78, 5) is 2.57. The van der Waals surface area contributed by atoms with Gasteiger partial charge in [0, 0.05) is 15.0 Å². The molecule has 0 heterocycles. The lowest BCUT2D eigenvalue weighted by Gasteiger charge is -2.11. The number of thiol groups is 1. The summed E-state index contributed by atoms with van der Waals surface area (Å²) in [7, 11) is 0. The number of aryl methyl sites for hydroxylation is 1. The summed E-state index contributed by atoms with van der Waals surface area (Å²) in [6.07, 6.45) is 0. The summed E-state index contributed by atoms with van der Waals surface area (Å²) in [5, 5.41) is 0.268. The molecule has 17 heavy (non-hydrogen) atoms. The van der Waals surface area contributed by atoms with E-state index in [4.69, 9.17) is 0 Å². The van der Waals surface area contributed by atoms with Gasteiger partial charge in [-0.05, 0) is 37.6 Å². The molecule has 1 unspecified atom stereocenters. The summed E-state index contributed by atoms with van der Waals surface area (Å²) >= 11 is 6.33. The Kier molecular flexibility index (Phi) is 4.19. The molecule has 0 radical (unpaired) electrons. The van der Waals surface area contributed by atoms with Crippen LogP contribution in [0.25, 0.3) is 0 Å². The van der Waals surface area contributed by atoms with Gasteiger partial charge in [-0.1, -0.05) is 47.7 Å². The predicted octanol–water partition coefficient (Wildman–Crippen LogP) is 5.14. The van der Waals surface area contributed by atoms with E-state index in [1.54, 1.807) is 11.8 Å². The molecule has 2 rings (SSSR count). The molecule has 0 amide bonds. The largest absolute Gasteiger partial charge is 0.171 e. The Morgan fingerprint density at radius 2 is 1.65 bits per heavy atom. The highest BCUT2D eigenvalue weighted by atomic mass is 32.2. The average molecular weight is 260 g/mol. The van der Waals surface area contributed by atoms with Crippen LogP contribution in [-0.2, 0) is 0 Å². The van der Waals surface area contributed by atoms with Crippen LogP contribution in [0, 0.1) is 6.92 Å². The maximum Gasteiger partial charge on any atom is 0.0250 e.